The van der Waals surface area contributed by atoms with Gasteiger partial charge in [-0.1, -0.05) is 73.8 Å². The minimum absolute atomic E-state index is 0.0282. The second-order valence-electron chi connectivity index (χ2n) is 5.62. The van der Waals surface area contributed by atoms with Gasteiger partial charge in [0.2, 0.25) is 0 Å². The van der Waals surface area contributed by atoms with Crippen LogP contribution in [-0.4, -0.2) is 12.1 Å². The number of rotatable bonds is 11. The maximum atomic E-state index is 10.9. The van der Waals surface area contributed by atoms with Gasteiger partial charge in [0.1, 0.15) is 6.10 Å². The van der Waals surface area contributed by atoms with Crippen molar-refractivity contribution in [3.05, 3.63) is 72.9 Å². The van der Waals surface area contributed by atoms with Gasteiger partial charge in [0.25, 0.3) is 0 Å². The van der Waals surface area contributed by atoms with Crippen molar-refractivity contribution in [2.45, 2.75) is 58.0 Å². The third-order valence-corrected chi connectivity index (χ3v) is 3.48. The van der Waals surface area contributed by atoms with Gasteiger partial charge in [0.15, 0.2) is 0 Å². The zero-order chi connectivity index (χ0) is 17.3. The molecule has 1 saturated heterocycles. The first-order valence-electron chi connectivity index (χ1n) is 8.95. The number of hydrogen-bond acceptors (Lipinski definition) is 2. The molecule has 130 valence electrons. The van der Waals surface area contributed by atoms with Gasteiger partial charge >= 0.3 is 5.97 Å². The van der Waals surface area contributed by atoms with Crippen LogP contribution in [-0.2, 0) is 9.53 Å². The zero-order valence-electron chi connectivity index (χ0n) is 14.8. The van der Waals surface area contributed by atoms with Crippen LogP contribution >= 0.6 is 0 Å². The van der Waals surface area contributed by atoms with E-state index in [-0.39, 0.29) is 12.1 Å². The summed E-state index contributed by atoms with van der Waals surface area (Å²) >= 11 is 0. The Morgan fingerprint density at radius 2 is 1.38 bits per heavy atom. The molecule has 1 rings (SSSR count). The largest absolute Gasteiger partial charge is 0.458 e. The van der Waals surface area contributed by atoms with Crippen molar-refractivity contribution in [1.82, 2.24) is 0 Å². The van der Waals surface area contributed by atoms with E-state index >= 15 is 0 Å². The van der Waals surface area contributed by atoms with Crippen molar-refractivity contribution in [2.24, 2.45) is 0 Å². The first kappa shape index (κ1) is 20.0. The fourth-order valence-corrected chi connectivity index (χ4v) is 2.18. The summed E-state index contributed by atoms with van der Waals surface area (Å²) in [4.78, 5) is 10.9. The molecule has 2 nitrogen and oxygen atoms in total. The molecule has 0 aliphatic carbocycles. The molecule has 0 N–H and O–H groups in total. The van der Waals surface area contributed by atoms with Crippen molar-refractivity contribution >= 4 is 5.97 Å². The number of carbonyl (C=O) groups is 1. The predicted octanol–water partition coefficient (Wildman–Crippen LogP) is 6.00. The number of cyclic esters (lactones) is 1. The Balaban J connectivity index is 2.00. The lowest BCUT2D eigenvalue weighted by molar-refractivity contribution is -0.139. The quantitative estimate of drug-likeness (QED) is 0.264. The highest BCUT2D eigenvalue weighted by atomic mass is 16.5. The third-order valence-electron chi connectivity index (χ3n) is 3.48. The molecule has 24 heavy (non-hydrogen) atoms. The summed E-state index contributed by atoms with van der Waals surface area (Å²) in [6.07, 6.45) is 31.9. The van der Waals surface area contributed by atoms with Crippen LogP contribution < -0.4 is 0 Å². The SMILES string of the molecule is CCC=CCC=CCC=CCC=CCC=C/C=C/C1CCC(=O)O1. The van der Waals surface area contributed by atoms with E-state index in [9.17, 15) is 4.79 Å². The highest BCUT2D eigenvalue weighted by molar-refractivity contribution is 5.71. The normalized spacial score (nSPS) is 19.4. The van der Waals surface area contributed by atoms with Crippen molar-refractivity contribution in [3.8, 4) is 0 Å². The van der Waals surface area contributed by atoms with E-state index in [1.807, 2.05) is 18.2 Å². The van der Waals surface area contributed by atoms with Gasteiger partial charge in [-0.2, -0.15) is 0 Å². The van der Waals surface area contributed by atoms with Crippen molar-refractivity contribution < 1.29 is 9.53 Å². The van der Waals surface area contributed by atoms with E-state index in [2.05, 4.69) is 61.6 Å². The van der Waals surface area contributed by atoms with Gasteiger partial charge in [-0.25, -0.2) is 0 Å². The Morgan fingerprint density at radius 3 is 1.88 bits per heavy atom. The Bertz CT molecular complexity index is 504. The van der Waals surface area contributed by atoms with E-state index in [0.717, 1.165) is 38.5 Å². The van der Waals surface area contributed by atoms with Crippen molar-refractivity contribution in [3.63, 3.8) is 0 Å². The summed E-state index contributed by atoms with van der Waals surface area (Å²) in [5.74, 6) is -0.0894. The highest BCUT2D eigenvalue weighted by Crippen LogP contribution is 2.14. The zero-order valence-corrected chi connectivity index (χ0v) is 14.8. The molecular formula is C22H30O2. The average molecular weight is 326 g/mol. The second kappa shape index (κ2) is 14.5. The number of hydrogen-bond donors (Lipinski definition) is 0. The standard InChI is InChI=1S/C22H30O2/c1-2-3-4-5-6-7-8-9-10-11-12-13-14-15-16-17-18-21-19-20-22(23)24-21/h3-4,6-7,9-10,12-13,15-18,21H,2,5,8,11,14,19-20H2,1H3/b4-3?,7-6?,10-9?,13-12?,16-15?,18-17+. The molecule has 0 saturated carbocycles. The maximum absolute atomic E-state index is 10.9. The molecule has 2 heteroatoms. The molecule has 1 fully saturated rings. The molecule has 1 unspecified atom stereocenters. The topological polar surface area (TPSA) is 26.3 Å². The van der Waals surface area contributed by atoms with Crippen molar-refractivity contribution in [1.29, 1.82) is 0 Å². The molecule has 1 heterocycles. The number of ether oxygens (including phenoxy) is 1. The van der Waals surface area contributed by atoms with Crippen LogP contribution in [0.1, 0.15) is 51.9 Å². The summed E-state index contributed by atoms with van der Waals surface area (Å²) in [6.45, 7) is 2.15. The molecule has 0 aromatic carbocycles. The molecule has 1 aliphatic heterocycles. The van der Waals surface area contributed by atoms with E-state index < -0.39 is 0 Å². The first-order chi connectivity index (χ1) is 11.8. The third kappa shape index (κ3) is 11.5. The van der Waals surface area contributed by atoms with E-state index in [1.54, 1.807) is 0 Å². The summed E-state index contributed by atoms with van der Waals surface area (Å²) in [7, 11) is 0. The molecule has 0 aromatic rings. The second-order valence-corrected chi connectivity index (χ2v) is 5.62. The minimum atomic E-state index is -0.0894. The van der Waals surface area contributed by atoms with Crippen LogP contribution in [0.3, 0.4) is 0 Å². The molecule has 0 radical (unpaired) electrons. The van der Waals surface area contributed by atoms with Crippen LogP contribution in [0.15, 0.2) is 72.9 Å². The van der Waals surface area contributed by atoms with E-state index in [1.165, 1.54) is 0 Å². The number of esters is 1. The summed E-state index contributed by atoms with van der Waals surface area (Å²) in [6, 6.07) is 0. The molecule has 0 aromatic heterocycles. The summed E-state index contributed by atoms with van der Waals surface area (Å²) < 4.78 is 5.10. The summed E-state index contributed by atoms with van der Waals surface area (Å²) in [5, 5.41) is 0. The van der Waals surface area contributed by atoms with Crippen LogP contribution in [0, 0.1) is 0 Å². The Morgan fingerprint density at radius 1 is 0.833 bits per heavy atom. The molecule has 0 spiro atoms. The average Bonchev–Trinajstić information content (AvgIpc) is 3.00. The monoisotopic (exact) mass is 326 g/mol. The van der Waals surface area contributed by atoms with Crippen LogP contribution in [0.25, 0.3) is 0 Å². The fraction of sp³-hybridized carbons (Fsp3) is 0.409. The lowest BCUT2D eigenvalue weighted by Crippen LogP contribution is -2.01. The van der Waals surface area contributed by atoms with E-state index in [4.69, 9.17) is 4.74 Å². The molecular weight excluding hydrogens is 296 g/mol. The molecule has 1 aliphatic rings. The van der Waals surface area contributed by atoms with E-state index in [0.29, 0.717) is 6.42 Å². The first-order valence-corrected chi connectivity index (χ1v) is 8.95. The van der Waals surface area contributed by atoms with Crippen LogP contribution in [0.5, 0.6) is 0 Å². The smallest absolute Gasteiger partial charge is 0.306 e. The predicted molar refractivity (Wildman–Crippen MR) is 103 cm³/mol. The molecule has 0 amide bonds. The van der Waals surface area contributed by atoms with Gasteiger partial charge in [-0.05, 0) is 44.6 Å². The molecule has 1 atom stereocenters. The Kier molecular flexibility index (Phi) is 12.1. The number of allylic oxidation sites excluding steroid dienone is 11. The van der Waals surface area contributed by atoms with Gasteiger partial charge in [-0.3, -0.25) is 4.79 Å². The fourth-order valence-electron chi connectivity index (χ4n) is 2.18. The van der Waals surface area contributed by atoms with Gasteiger partial charge in [-0.15, -0.1) is 0 Å². The van der Waals surface area contributed by atoms with Gasteiger partial charge < -0.3 is 4.74 Å². The lowest BCUT2D eigenvalue weighted by Gasteiger charge is -1.99. The van der Waals surface area contributed by atoms with Crippen LogP contribution in [0.2, 0.25) is 0 Å². The lowest BCUT2D eigenvalue weighted by atomic mass is 10.2. The van der Waals surface area contributed by atoms with Crippen LogP contribution in [0.4, 0.5) is 0 Å². The van der Waals surface area contributed by atoms with Crippen molar-refractivity contribution in [2.75, 3.05) is 0 Å². The molecule has 0 bridgehead atoms. The minimum Gasteiger partial charge on any atom is -0.458 e. The highest BCUT2D eigenvalue weighted by Gasteiger charge is 2.19. The van der Waals surface area contributed by atoms with Gasteiger partial charge in [0, 0.05) is 6.42 Å². The maximum Gasteiger partial charge on any atom is 0.306 e. The Hall–Kier alpha value is -2.09. The van der Waals surface area contributed by atoms with Gasteiger partial charge in [0.05, 0.1) is 0 Å². The number of carbonyl (C=O) groups excluding carboxylic acids is 1. The summed E-state index contributed by atoms with van der Waals surface area (Å²) in [5.41, 5.74) is 0. The Labute approximate surface area is 147 Å².